The van der Waals surface area contributed by atoms with Crippen LogP contribution in [-0.2, 0) is 0 Å². The molecule has 0 atom stereocenters. The van der Waals surface area contributed by atoms with Crippen LogP contribution in [0.4, 0.5) is 0 Å². The number of carbonyl (C=O) groups excluding carboxylic acids is 1. The fourth-order valence-electron chi connectivity index (χ4n) is 1.53. The summed E-state index contributed by atoms with van der Waals surface area (Å²) in [6.45, 7) is 5.19. The number of aryl methyl sites for hydroxylation is 1. The zero-order chi connectivity index (χ0) is 12.8. The summed E-state index contributed by atoms with van der Waals surface area (Å²) in [5.74, 6) is 0.0313. The Morgan fingerprint density at radius 2 is 1.94 bits per heavy atom. The quantitative estimate of drug-likeness (QED) is 0.814. The third-order valence-corrected chi connectivity index (χ3v) is 2.80. The van der Waals surface area contributed by atoms with Crippen LogP contribution in [0.15, 0.2) is 24.3 Å². The van der Waals surface area contributed by atoms with E-state index in [1.54, 1.807) is 4.90 Å². The molecule has 0 saturated heterocycles. The Bertz CT molecular complexity index is 400. The monoisotopic (exact) mass is 250 g/mol. The first kappa shape index (κ1) is 13.6. The predicted molar refractivity (Wildman–Crippen MR) is 74.2 cm³/mol. The molecule has 92 valence electrons. The third kappa shape index (κ3) is 4.15. The summed E-state index contributed by atoms with van der Waals surface area (Å²) in [5.41, 5.74) is 7.30. The van der Waals surface area contributed by atoms with Crippen LogP contribution in [0, 0.1) is 6.92 Å². The minimum atomic E-state index is 0.0313. The average molecular weight is 250 g/mol. The standard InChI is InChI=1S/C13H18N2OS/c1-3-15(9-8-12(14)17)13(16)11-6-4-10(2)5-7-11/h4-7H,3,8-9H2,1-2H3,(H2,14,17). The summed E-state index contributed by atoms with van der Waals surface area (Å²) in [6.07, 6.45) is 0.570. The molecule has 0 spiro atoms. The zero-order valence-electron chi connectivity index (χ0n) is 10.3. The van der Waals surface area contributed by atoms with Gasteiger partial charge < -0.3 is 10.6 Å². The highest BCUT2D eigenvalue weighted by molar-refractivity contribution is 7.80. The van der Waals surface area contributed by atoms with Crippen LogP contribution >= 0.6 is 12.2 Å². The van der Waals surface area contributed by atoms with Crippen LogP contribution in [0.5, 0.6) is 0 Å². The van der Waals surface area contributed by atoms with E-state index in [-0.39, 0.29) is 5.91 Å². The molecule has 0 unspecified atom stereocenters. The fourth-order valence-corrected chi connectivity index (χ4v) is 1.62. The van der Waals surface area contributed by atoms with E-state index in [1.165, 1.54) is 0 Å². The molecule has 0 aliphatic heterocycles. The topological polar surface area (TPSA) is 46.3 Å². The molecule has 0 aliphatic carbocycles. The maximum absolute atomic E-state index is 12.1. The highest BCUT2D eigenvalue weighted by Crippen LogP contribution is 2.07. The van der Waals surface area contributed by atoms with E-state index in [0.717, 1.165) is 5.56 Å². The molecule has 0 aromatic heterocycles. The number of nitrogens with zero attached hydrogens (tertiary/aromatic N) is 1. The Hall–Kier alpha value is -1.42. The van der Waals surface area contributed by atoms with E-state index >= 15 is 0 Å². The van der Waals surface area contributed by atoms with Crippen molar-refractivity contribution in [2.45, 2.75) is 20.3 Å². The molecule has 0 saturated carbocycles. The average Bonchev–Trinajstić information content (AvgIpc) is 2.30. The Balaban J connectivity index is 2.71. The molecular weight excluding hydrogens is 232 g/mol. The van der Waals surface area contributed by atoms with Gasteiger partial charge in [0, 0.05) is 25.1 Å². The summed E-state index contributed by atoms with van der Waals surface area (Å²) in [6, 6.07) is 7.57. The number of thiocarbonyl (C=S) groups is 1. The van der Waals surface area contributed by atoms with Gasteiger partial charge >= 0.3 is 0 Å². The second-order valence-corrected chi connectivity index (χ2v) is 4.49. The van der Waals surface area contributed by atoms with Crippen LogP contribution in [0.25, 0.3) is 0 Å². The molecule has 0 bridgehead atoms. The van der Waals surface area contributed by atoms with Crippen molar-refractivity contribution >= 4 is 23.1 Å². The van der Waals surface area contributed by atoms with Gasteiger partial charge in [-0.1, -0.05) is 29.9 Å². The minimum Gasteiger partial charge on any atom is -0.393 e. The van der Waals surface area contributed by atoms with Crippen molar-refractivity contribution in [1.82, 2.24) is 4.90 Å². The van der Waals surface area contributed by atoms with Gasteiger partial charge in [-0.15, -0.1) is 0 Å². The van der Waals surface area contributed by atoms with Crippen LogP contribution in [-0.4, -0.2) is 28.9 Å². The summed E-state index contributed by atoms with van der Waals surface area (Å²) >= 11 is 4.82. The van der Waals surface area contributed by atoms with Gasteiger partial charge in [-0.05, 0) is 26.0 Å². The van der Waals surface area contributed by atoms with Crippen LogP contribution in [0.3, 0.4) is 0 Å². The number of hydrogen-bond donors (Lipinski definition) is 1. The highest BCUT2D eigenvalue weighted by Gasteiger charge is 2.13. The maximum atomic E-state index is 12.1. The number of amides is 1. The van der Waals surface area contributed by atoms with Gasteiger partial charge in [0.25, 0.3) is 5.91 Å². The van der Waals surface area contributed by atoms with Crippen LogP contribution in [0.1, 0.15) is 29.3 Å². The van der Waals surface area contributed by atoms with E-state index in [0.29, 0.717) is 30.1 Å². The Morgan fingerprint density at radius 3 is 2.41 bits per heavy atom. The minimum absolute atomic E-state index is 0.0313. The molecule has 0 heterocycles. The number of carbonyl (C=O) groups is 1. The lowest BCUT2D eigenvalue weighted by Gasteiger charge is -2.20. The molecule has 1 aromatic carbocycles. The van der Waals surface area contributed by atoms with Gasteiger partial charge in [0.2, 0.25) is 0 Å². The lowest BCUT2D eigenvalue weighted by molar-refractivity contribution is 0.0769. The molecule has 1 rings (SSSR count). The highest BCUT2D eigenvalue weighted by atomic mass is 32.1. The second kappa shape index (κ2) is 6.35. The van der Waals surface area contributed by atoms with E-state index in [1.807, 2.05) is 38.1 Å². The van der Waals surface area contributed by atoms with Crippen molar-refractivity contribution in [1.29, 1.82) is 0 Å². The predicted octanol–water partition coefficient (Wildman–Crippen LogP) is 2.13. The maximum Gasteiger partial charge on any atom is 0.253 e. The lowest BCUT2D eigenvalue weighted by atomic mass is 10.1. The van der Waals surface area contributed by atoms with Crippen molar-refractivity contribution in [3.63, 3.8) is 0 Å². The van der Waals surface area contributed by atoms with E-state index < -0.39 is 0 Å². The molecule has 4 heteroatoms. The van der Waals surface area contributed by atoms with E-state index in [4.69, 9.17) is 18.0 Å². The summed E-state index contributed by atoms with van der Waals surface area (Å²) < 4.78 is 0. The lowest BCUT2D eigenvalue weighted by Crippen LogP contribution is -2.33. The summed E-state index contributed by atoms with van der Waals surface area (Å²) in [5, 5.41) is 0. The largest absolute Gasteiger partial charge is 0.393 e. The first-order valence-electron chi connectivity index (χ1n) is 5.69. The fraction of sp³-hybridized carbons (Fsp3) is 0.385. The van der Waals surface area contributed by atoms with Gasteiger partial charge in [-0.25, -0.2) is 0 Å². The van der Waals surface area contributed by atoms with Crippen molar-refractivity contribution in [2.75, 3.05) is 13.1 Å². The van der Waals surface area contributed by atoms with Crippen LogP contribution < -0.4 is 5.73 Å². The molecule has 17 heavy (non-hydrogen) atoms. The molecular formula is C13H18N2OS. The molecule has 1 amide bonds. The van der Waals surface area contributed by atoms with E-state index in [2.05, 4.69) is 0 Å². The van der Waals surface area contributed by atoms with Crippen molar-refractivity contribution in [3.8, 4) is 0 Å². The molecule has 0 fully saturated rings. The normalized spacial score (nSPS) is 10.0. The van der Waals surface area contributed by atoms with Gasteiger partial charge in [0.15, 0.2) is 0 Å². The van der Waals surface area contributed by atoms with E-state index in [9.17, 15) is 4.79 Å². The third-order valence-electron chi connectivity index (χ3n) is 2.60. The van der Waals surface area contributed by atoms with Gasteiger partial charge in [0.05, 0.1) is 4.99 Å². The molecule has 0 radical (unpaired) electrons. The van der Waals surface area contributed by atoms with Gasteiger partial charge in [-0.2, -0.15) is 0 Å². The van der Waals surface area contributed by atoms with Gasteiger partial charge in [0.1, 0.15) is 0 Å². The summed E-state index contributed by atoms with van der Waals surface area (Å²) in [4.78, 5) is 14.3. The smallest absolute Gasteiger partial charge is 0.253 e. The molecule has 3 nitrogen and oxygen atoms in total. The Kier molecular flexibility index (Phi) is 5.10. The second-order valence-electron chi connectivity index (χ2n) is 3.97. The zero-order valence-corrected chi connectivity index (χ0v) is 11.1. The molecule has 1 aromatic rings. The number of hydrogen-bond acceptors (Lipinski definition) is 2. The van der Waals surface area contributed by atoms with Crippen molar-refractivity contribution < 1.29 is 4.79 Å². The number of rotatable bonds is 5. The van der Waals surface area contributed by atoms with Crippen molar-refractivity contribution in [2.24, 2.45) is 5.73 Å². The first-order valence-corrected chi connectivity index (χ1v) is 6.09. The summed E-state index contributed by atoms with van der Waals surface area (Å²) in [7, 11) is 0. The number of nitrogens with two attached hydrogens (primary N) is 1. The SMILES string of the molecule is CCN(CCC(N)=S)C(=O)c1ccc(C)cc1. The first-order chi connectivity index (χ1) is 8.04. The Labute approximate surface area is 108 Å². The van der Waals surface area contributed by atoms with Crippen molar-refractivity contribution in [3.05, 3.63) is 35.4 Å². The molecule has 0 aliphatic rings. The van der Waals surface area contributed by atoms with Gasteiger partial charge in [-0.3, -0.25) is 4.79 Å². The Morgan fingerprint density at radius 1 is 1.35 bits per heavy atom. The molecule has 2 N–H and O–H groups in total. The number of benzene rings is 1. The van der Waals surface area contributed by atoms with Crippen LogP contribution in [0.2, 0.25) is 0 Å².